The van der Waals surface area contributed by atoms with Gasteiger partial charge in [0.05, 0.1) is 15.6 Å². The number of nitro groups is 1. The Kier molecular flexibility index (Phi) is 3.72. The van der Waals surface area contributed by atoms with Gasteiger partial charge in [0.25, 0.3) is 11.6 Å². The van der Waals surface area contributed by atoms with Crippen molar-refractivity contribution in [2.45, 2.75) is 0 Å². The Hall–Kier alpha value is -2.47. The fourth-order valence-corrected chi connectivity index (χ4v) is 1.64. The van der Waals surface area contributed by atoms with E-state index in [1.165, 1.54) is 30.6 Å². The number of nitro benzene ring substituents is 1. The van der Waals surface area contributed by atoms with Crippen LogP contribution in [0.2, 0.25) is 5.02 Å². The molecule has 0 aliphatic rings. The largest absolute Gasteiger partial charge is 0.321 e. The zero-order valence-corrected chi connectivity index (χ0v) is 10.3. The SMILES string of the molecule is O=C(Nc1ccc([N+](=O)[O-])cc1Cl)c1ccncc1. The van der Waals surface area contributed by atoms with Crippen LogP contribution < -0.4 is 5.32 Å². The van der Waals surface area contributed by atoms with Gasteiger partial charge in [-0.2, -0.15) is 0 Å². The maximum absolute atomic E-state index is 11.9. The molecule has 0 spiro atoms. The normalized spacial score (nSPS) is 9.95. The number of amides is 1. The molecule has 0 saturated carbocycles. The van der Waals surface area contributed by atoms with Crippen LogP contribution in [0.4, 0.5) is 11.4 Å². The first-order valence-corrected chi connectivity index (χ1v) is 5.61. The smallest absolute Gasteiger partial charge is 0.271 e. The van der Waals surface area contributed by atoms with Crippen molar-refractivity contribution in [3.05, 3.63) is 63.4 Å². The first kappa shape index (κ1) is 13.0. The second kappa shape index (κ2) is 5.45. The molecule has 0 fully saturated rings. The van der Waals surface area contributed by atoms with Gasteiger partial charge in [-0.15, -0.1) is 0 Å². The third-order valence-electron chi connectivity index (χ3n) is 2.35. The van der Waals surface area contributed by atoms with Gasteiger partial charge in [-0.3, -0.25) is 19.9 Å². The predicted molar refractivity (Wildman–Crippen MR) is 70.3 cm³/mol. The third-order valence-corrected chi connectivity index (χ3v) is 2.67. The van der Waals surface area contributed by atoms with Gasteiger partial charge in [0.2, 0.25) is 0 Å². The molecule has 7 heteroatoms. The van der Waals surface area contributed by atoms with Gasteiger partial charge in [-0.05, 0) is 18.2 Å². The molecule has 0 aliphatic carbocycles. The summed E-state index contributed by atoms with van der Waals surface area (Å²) in [5.41, 5.74) is 0.602. The highest BCUT2D eigenvalue weighted by atomic mass is 35.5. The van der Waals surface area contributed by atoms with Crippen molar-refractivity contribution >= 4 is 28.9 Å². The number of hydrogen-bond acceptors (Lipinski definition) is 4. The van der Waals surface area contributed by atoms with Gasteiger partial charge in [-0.1, -0.05) is 11.6 Å². The quantitative estimate of drug-likeness (QED) is 0.690. The number of nitrogens with one attached hydrogen (secondary N) is 1. The van der Waals surface area contributed by atoms with E-state index in [0.717, 1.165) is 0 Å². The van der Waals surface area contributed by atoms with E-state index in [2.05, 4.69) is 10.3 Å². The third kappa shape index (κ3) is 3.05. The molecule has 0 saturated heterocycles. The number of halogens is 1. The number of hydrogen-bond donors (Lipinski definition) is 1. The van der Waals surface area contributed by atoms with Gasteiger partial charge in [0, 0.05) is 30.1 Å². The van der Waals surface area contributed by atoms with E-state index < -0.39 is 4.92 Å². The standard InChI is InChI=1S/C12H8ClN3O3/c13-10-7-9(16(18)19)1-2-11(10)15-12(17)8-3-5-14-6-4-8/h1-7H,(H,15,17). The Bertz CT molecular complexity index is 631. The van der Waals surface area contributed by atoms with Crippen LogP contribution in [0, 0.1) is 10.1 Å². The van der Waals surface area contributed by atoms with Gasteiger partial charge >= 0.3 is 0 Å². The number of non-ortho nitro benzene ring substituents is 1. The van der Waals surface area contributed by atoms with Crippen molar-refractivity contribution in [3.8, 4) is 0 Å². The molecule has 96 valence electrons. The minimum atomic E-state index is -0.555. The summed E-state index contributed by atoms with van der Waals surface area (Å²) in [6, 6.07) is 6.95. The van der Waals surface area contributed by atoms with Gasteiger partial charge in [0.15, 0.2) is 0 Å². The second-order valence-corrected chi connectivity index (χ2v) is 4.02. The monoisotopic (exact) mass is 277 g/mol. The Balaban J connectivity index is 2.20. The fraction of sp³-hybridized carbons (Fsp3) is 0. The summed E-state index contributed by atoms with van der Waals surface area (Å²) in [5, 5.41) is 13.2. The van der Waals surface area contributed by atoms with E-state index in [1.54, 1.807) is 12.1 Å². The lowest BCUT2D eigenvalue weighted by atomic mass is 10.2. The van der Waals surface area contributed by atoms with E-state index in [0.29, 0.717) is 11.3 Å². The maximum atomic E-state index is 11.9. The Morgan fingerprint density at radius 1 is 1.26 bits per heavy atom. The maximum Gasteiger partial charge on any atom is 0.271 e. The predicted octanol–water partition coefficient (Wildman–Crippen LogP) is 2.90. The molecule has 0 unspecified atom stereocenters. The van der Waals surface area contributed by atoms with Crippen LogP contribution >= 0.6 is 11.6 Å². The molecule has 1 aromatic heterocycles. The molecule has 0 atom stereocenters. The van der Waals surface area contributed by atoms with Crippen LogP contribution in [0.15, 0.2) is 42.7 Å². The molecule has 19 heavy (non-hydrogen) atoms. The lowest BCUT2D eigenvalue weighted by Gasteiger charge is -2.06. The van der Waals surface area contributed by atoms with E-state index in [1.807, 2.05) is 0 Å². The Labute approximate surface area is 113 Å². The number of anilines is 1. The number of benzene rings is 1. The van der Waals surface area contributed by atoms with Crippen molar-refractivity contribution in [2.24, 2.45) is 0 Å². The highest BCUT2D eigenvalue weighted by Crippen LogP contribution is 2.26. The lowest BCUT2D eigenvalue weighted by molar-refractivity contribution is -0.384. The molecule has 1 amide bonds. The highest BCUT2D eigenvalue weighted by molar-refractivity contribution is 6.34. The summed E-state index contributed by atoms with van der Waals surface area (Å²) in [7, 11) is 0. The molecule has 0 bridgehead atoms. The molecule has 1 N–H and O–H groups in total. The number of carbonyl (C=O) groups excluding carboxylic acids is 1. The van der Waals surface area contributed by atoms with Crippen LogP contribution in [-0.4, -0.2) is 15.8 Å². The highest BCUT2D eigenvalue weighted by Gasteiger charge is 2.12. The van der Waals surface area contributed by atoms with Crippen LogP contribution in [0.3, 0.4) is 0 Å². The van der Waals surface area contributed by atoms with Crippen molar-refractivity contribution in [1.29, 1.82) is 0 Å². The van der Waals surface area contributed by atoms with Crippen LogP contribution in [-0.2, 0) is 0 Å². The van der Waals surface area contributed by atoms with E-state index >= 15 is 0 Å². The minimum absolute atomic E-state index is 0.108. The average Bonchev–Trinajstić information content (AvgIpc) is 2.41. The number of aromatic nitrogens is 1. The number of carbonyl (C=O) groups is 1. The number of nitrogens with zero attached hydrogens (tertiary/aromatic N) is 2. The summed E-state index contributed by atoms with van der Waals surface area (Å²) in [6.45, 7) is 0. The molecule has 0 aliphatic heterocycles. The van der Waals surface area contributed by atoms with E-state index in [4.69, 9.17) is 11.6 Å². The average molecular weight is 278 g/mol. The first-order chi connectivity index (χ1) is 9.08. The minimum Gasteiger partial charge on any atom is -0.321 e. The second-order valence-electron chi connectivity index (χ2n) is 3.61. The topological polar surface area (TPSA) is 85.1 Å². The summed E-state index contributed by atoms with van der Waals surface area (Å²) >= 11 is 5.87. The lowest BCUT2D eigenvalue weighted by Crippen LogP contribution is -2.12. The molecule has 0 radical (unpaired) electrons. The van der Waals surface area contributed by atoms with Crippen molar-refractivity contribution in [3.63, 3.8) is 0 Å². The fourth-order valence-electron chi connectivity index (χ4n) is 1.42. The molecular weight excluding hydrogens is 270 g/mol. The first-order valence-electron chi connectivity index (χ1n) is 5.23. The zero-order valence-electron chi connectivity index (χ0n) is 9.54. The Morgan fingerprint density at radius 3 is 2.53 bits per heavy atom. The molecule has 2 aromatic rings. The summed E-state index contributed by atoms with van der Waals surface area (Å²) in [6.07, 6.45) is 2.98. The molecule has 1 aromatic carbocycles. The van der Waals surface area contributed by atoms with Gasteiger partial charge < -0.3 is 5.32 Å². The molecule has 1 heterocycles. The Morgan fingerprint density at radius 2 is 1.95 bits per heavy atom. The van der Waals surface area contributed by atoms with Crippen molar-refractivity contribution in [1.82, 2.24) is 4.98 Å². The van der Waals surface area contributed by atoms with Gasteiger partial charge in [0.1, 0.15) is 0 Å². The zero-order chi connectivity index (χ0) is 13.8. The molecule has 6 nitrogen and oxygen atoms in total. The van der Waals surface area contributed by atoms with Crippen molar-refractivity contribution < 1.29 is 9.72 Å². The van der Waals surface area contributed by atoms with E-state index in [9.17, 15) is 14.9 Å². The van der Waals surface area contributed by atoms with E-state index in [-0.39, 0.29) is 16.6 Å². The van der Waals surface area contributed by atoms with Crippen LogP contribution in [0.25, 0.3) is 0 Å². The summed E-state index contributed by atoms with van der Waals surface area (Å²) < 4.78 is 0. The number of pyridine rings is 1. The van der Waals surface area contributed by atoms with Crippen LogP contribution in [0.5, 0.6) is 0 Å². The van der Waals surface area contributed by atoms with Crippen molar-refractivity contribution in [2.75, 3.05) is 5.32 Å². The molecular formula is C12H8ClN3O3. The summed E-state index contributed by atoms with van der Waals surface area (Å²) in [5.74, 6) is -0.363. The van der Waals surface area contributed by atoms with Gasteiger partial charge in [-0.25, -0.2) is 0 Å². The molecule has 2 rings (SSSR count). The van der Waals surface area contributed by atoms with Crippen LogP contribution in [0.1, 0.15) is 10.4 Å². The number of rotatable bonds is 3. The summed E-state index contributed by atoms with van der Waals surface area (Å²) in [4.78, 5) is 25.7.